The molecule has 478 valence electrons. The number of ketones is 1. The number of Topliss-reactive ketones (excluding diaryl/α,β-unsaturated/α-hetero) is 1. The second-order valence-corrected chi connectivity index (χ2v) is 25.1. The molecule has 0 aliphatic carbocycles. The molecule has 0 radical (unpaired) electrons. The Kier molecular flexibility index (Phi) is 25.3. The number of esters is 2. The van der Waals surface area contributed by atoms with Crippen molar-refractivity contribution >= 4 is 91.4 Å². The number of anilines is 1. The predicted molar refractivity (Wildman–Crippen MR) is 345 cm³/mol. The molecular formula is C64H65BrN12O13S2. The van der Waals surface area contributed by atoms with Gasteiger partial charge in [0.1, 0.15) is 63.7 Å². The Morgan fingerprint density at radius 1 is 0.598 bits per heavy atom. The minimum Gasteiger partial charge on any atom is -0.493 e. The number of alkyl carbamates (subject to hydrolysis) is 2. The summed E-state index contributed by atoms with van der Waals surface area (Å²) in [5.41, 5.74) is 9.30. The standard InChI is InChI=1S/C25H26N4O4S.C17H23N3O3S.C8H6N2O2.C7H6BrNO2.C7H4N2O2/c1-24(2,3)33-23(31)28-22-29-25(9-11-34-22)8-10-32-21-7-5-16(12-18(21)25)13-20(30)19-6-4-17(14-26)15-27-19;1-16(2,3)23-15(21)19-14-20-17(7-9-24-14)6-8-22-13-5-4-11(18)10-12(13)17;1-12-8(11)7-3-2-6(4-9)5-10-7;1-11-7(10)6-3-2-5(8)4-9-6;8-3-5-1-2-6(7(10)11)9-4-5/h4-7,12,15H,8-11,13H2,1-3H3,(H,28,29,31);4-5,10H,6-9,18H2,1-3H3,(H,19,20,21);2-3,5H,1H3;2-4H,1H3;1-2,4H,(H,10,11). The number of nitrogens with one attached hydrogen (secondary N) is 2. The molecule has 0 bridgehead atoms. The number of nitrogens with two attached hydrogens (primary N) is 1. The number of benzene rings is 2. The molecule has 2 aromatic carbocycles. The highest BCUT2D eigenvalue weighted by molar-refractivity contribution is 9.10. The van der Waals surface area contributed by atoms with Crippen LogP contribution in [0.25, 0.3) is 0 Å². The van der Waals surface area contributed by atoms with Crippen molar-refractivity contribution in [3.63, 3.8) is 0 Å². The zero-order valence-corrected chi connectivity index (χ0v) is 54.6. The zero-order chi connectivity index (χ0) is 67.2. The summed E-state index contributed by atoms with van der Waals surface area (Å²) in [7, 11) is 2.61. The molecule has 0 saturated carbocycles. The van der Waals surface area contributed by atoms with Gasteiger partial charge in [0.2, 0.25) is 0 Å². The van der Waals surface area contributed by atoms with E-state index in [0.717, 1.165) is 63.4 Å². The van der Waals surface area contributed by atoms with Gasteiger partial charge >= 0.3 is 30.1 Å². The number of nitrogen functional groups attached to an aromatic ring is 1. The summed E-state index contributed by atoms with van der Waals surface area (Å²) in [5.74, 6) is 1.07. The van der Waals surface area contributed by atoms with Crippen molar-refractivity contribution < 1.29 is 62.3 Å². The highest BCUT2D eigenvalue weighted by Crippen LogP contribution is 2.47. The molecule has 4 aromatic heterocycles. The summed E-state index contributed by atoms with van der Waals surface area (Å²) < 4.78 is 32.0. The van der Waals surface area contributed by atoms with Gasteiger partial charge < -0.3 is 39.3 Å². The third-order valence-corrected chi connectivity index (χ3v) is 15.2. The van der Waals surface area contributed by atoms with E-state index in [2.05, 4.69) is 56.0 Å². The van der Waals surface area contributed by atoms with Crippen LogP contribution in [0.15, 0.2) is 124 Å². The number of hydrogen-bond acceptors (Lipinski definition) is 24. The van der Waals surface area contributed by atoms with Crippen LogP contribution >= 0.6 is 39.5 Å². The Labute approximate surface area is 547 Å². The predicted octanol–water partition coefficient (Wildman–Crippen LogP) is 10.7. The van der Waals surface area contributed by atoms with Crippen LogP contribution in [-0.4, -0.2) is 121 Å². The van der Waals surface area contributed by atoms with E-state index >= 15 is 0 Å². The summed E-state index contributed by atoms with van der Waals surface area (Å²) in [6.45, 7) is 12.1. The fourth-order valence-corrected chi connectivity index (χ4v) is 11.1. The molecule has 6 aromatic rings. The second kappa shape index (κ2) is 32.7. The maximum Gasteiger partial charge on any atom is 0.413 e. The van der Waals surface area contributed by atoms with E-state index in [1.165, 1.54) is 80.6 Å². The molecule has 4 aliphatic rings. The molecule has 5 N–H and O–H groups in total. The molecule has 4 aliphatic heterocycles. The Hall–Kier alpha value is -9.95. The lowest BCUT2D eigenvalue weighted by atomic mass is 9.81. The first-order valence-corrected chi connectivity index (χ1v) is 30.8. The topological polar surface area (TPSA) is 376 Å². The van der Waals surface area contributed by atoms with Gasteiger partial charge in [-0.05, 0) is 155 Å². The number of halogens is 1. The third kappa shape index (κ3) is 21.1. The number of aliphatic imine (C=N–C) groups is 2. The monoisotopic (exact) mass is 1350 g/mol. The molecule has 25 nitrogen and oxygen atoms in total. The molecule has 0 fully saturated rings. The molecule has 10 rings (SSSR count). The van der Waals surface area contributed by atoms with Crippen LogP contribution in [0.4, 0.5) is 15.3 Å². The zero-order valence-electron chi connectivity index (χ0n) is 51.4. The number of carbonyl (C=O) groups excluding carboxylic acids is 5. The van der Waals surface area contributed by atoms with Crippen molar-refractivity contribution in [1.82, 2.24) is 30.6 Å². The number of fused-ring (bicyclic) bond motifs is 4. The van der Waals surface area contributed by atoms with Gasteiger partial charge in [0, 0.05) is 76.8 Å². The highest BCUT2D eigenvalue weighted by Gasteiger charge is 2.42. The first-order valence-electron chi connectivity index (χ1n) is 28.1. The van der Waals surface area contributed by atoms with Crippen LogP contribution in [0.5, 0.6) is 11.5 Å². The lowest BCUT2D eigenvalue weighted by Crippen LogP contribution is -2.41. The van der Waals surface area contributed by atoms with E-state index in [0.29, 0.717) is 63.7 Å². The average Bonchev–Trinajstić information content (AvgIpc) is 0.773. The lowest BCUT2D eigenvalue weighted by Gasteiger charge is -2.38. The Morgan fingerprint density at radius 3 is 1.42 bits per heavy atom. The van der Waals surface area contributed by atoms with Crippen molar-refractivity contribution in [3.8, 4) is 29.7 Å². The molecule has 2 unspecified atom stereocenters. The van der Waals surface area contributed by atoms with Crippen LogP contribution in [0.2, 0.25) is 0 Å². The number of amidine groups is 2. The summed E-state index contributed by atoms with van der Waals surface area (Å²) in [6.07, 6.45) is 7.78. The van der Waals surface area contributed by atoms with E-state index in [1.54, 1.807) is 30.5 Å². The number of carboxylic acid groups (broad SMARTS) is 1. The van der Waals surface area contributed by atoms with Crippen LogP contribution in [0.1, 0.15) is 143 Å². The van der Waals surface area contributed by atoms with Crippen LogP contribution < -0.4 is 25.8 Å². The number of methoxy groups -OCH3 is 2. The molecule has 2 spiro atoms. The van der Waals surface area contributed by atoms with Crippen LogP contribution in [-0.2, 0) is 36.4 Å². The first-order chi connectivity index (χ1) is 43.7. The number of thioether (sulfide) groups is 2. The van der Waals surface area contributed by atoms with Gasteiger partial charge in [0.15, 0.2) is 16.1 Å². The van der Waals surface area contributed by atoms with Gasteiger partial charge in [-0.15, -0.1) is 0 Å². The van der Waals surface area contributed by atoms with E-state index < -0.39 is 52.4 Å². The van der Waals surface area contributed by atoms with Gasteiger partial charge in [0.05, 0.1) is 55.2 Å². The number of hydrogen-bond donors (Lipinski definition) is 4. The molecule has 2 atom stereocenters. The summed E-state index contributed by atoms with van der Waals surface area (Å²) in [5, 5.41) is 40.7. The number of rotatable bonds is 6. The lowest BCUT2D eigenvalue weighted by molar-refractivity contribution is 0.0552. The minimum atomic E-state index is -1.09. The smallest absolute Gasteiger partial charge is 0.413 e. The number of ether oxygens (including phenoxy) is 6. The van der Waals surface area contributed by atoms with E-state index in [9.17, 15) is 28.8 Å². The van der Waals surface area contributed by atoms with Gasteiger partial charge in [-0.2, -0.15) is 15.8 Å². The van der Waals surface area contributed by atoms with Gasteiger partial charge in [-0.25, -0.2) is 38.9 Å². The number of aromatic nitrogens is 4. The van der Waals surface area contributed by atoms with Gasteiger partial charge in [-0.3, -0.25) is 30.4 Å². The number of nitriles is 3. The first kappa shape index (κ1) is 71.1. The molecule has 92 heavy (non-hydrogen) atoms. The number of carboxylic acids is 1. The van der Waals surface area contributed by atoms with E-state index in [4.69, 9.17) is 55.6 Å². The van der Waals surface area contributed by atoms with Gasteiger partial charge in [0.25, 0.3) is 0 Å². The molecule has 2 amide bonds. The Bertz CT molecular complexity index is 3840. The third-order valence-electron chi connectivity index (χ3n) is 13.0. The summed E-state index contributed by atoms with van der Waals surface area (Å²) >= 11 is 6.22. The van der Waals surface area contributed by atoms with Crippen LogP contribution in [0.3, 0.4) is 0 Å². The molecule has 8 heterocycles. The largest absolute Gasteiger partial charge is 0.493 e. The summed E-state index contributed by atoms with van der Waals surface area (Å²) in [6, 6.07) is 29.3. The maximum atomic E-state index is 12.8. The Morgan fingerprint density at radius 2 is 1.02 bits per heavy atom. The number of nitrogens with zero attached hydrogens (tertiary/aromatic N) is 9. The average molecular weight is 1350 g/mol. The van der Waals surface area contributed by atoms with Crippen LogP contribution in [0, 0.1) is 34.0 Å². The second-order valence-electron chi connectivity index (χ2n) is 22.0. The van der Waals surface area contributed by atoms with Crippen molar-refractivity contribution in [2.24, 2.45) is 9.98 Å². The Balaban J connectivity index is 0.000000200. The molecule has 0 saturated heterocycles. The van der Waals surface area contributed by atoms with E-state index in [-0.39, 0.29) is 23.6 Å². The molecular weight excluding hydrogens is 1290 g/mol. The highest BCUT2D eigenvalue weighted by atomic mass is 79.9. The van der Waals surface area contributed by atoms with Crippen molar-refractivity contribution in [3.05, 3.63) is 170 Å². The normalized spacial score (nSPS) is 16.4. The number of carbonyl (C=O) groups is 6. The van der Waals surface area contributed by atoms with Gasteiger partial charge in [-0.1, -0.05) is 29.6 Å². The van der Waals surface area contributed by atoms with Crippen molar-refractivity contribution in [2.75, 3.05) is 44.7 Å². The number of amides is 2. The fraction of sp³-hybridized carbons (Fsp3) is 0.328. The van der Waals surface area contributed by atoms with Crippen molar-refractivity contribution in [1.29, 1.82) is 15.8 Å². The number of aromatic carboxylic acids is 1. The molecule has 28 heteroatoms. The number of pyridine rings is 4. The fourth-order valence-electron chi connectivity index (χ4n) is 8.78. The minimum absolute atomic E-state index is 0.0519. The van der Waals surface area contributed by atoms with Crippen molar-refractivity contribution in [2.45, 2.75) is 95.9 Å². The van der Waals surface area contributed by atoms with E-state index in [1.807, 2.05) is 96.1 Å². The summed E-state index contributed by atoms with van der Waals surface area (Å²) in [4.78, 5) is 94.0. The SMILES string of the molecule is CC(C)(C)OC(=O)NC1=NC2(CCOc3ccc(CC(=O)c4ccc(C#N)cn4)cc32)CCS1.CC(C)(C)OC(=O)NC1=NC2(CCOc3ccc(N)cc32)CCS1.COC(=O)c1ccc(Br)cn1.COC(=O)c1ccc(C#N)cn1.N#Cc1ccc(C(=O)O)nc1. The maximum absolute atomic E-state index is 12.8. The quantitative estimate of drug-likeness (QED) is 0.0521.